The molecule has 0 heterocycles. The largest absolute Gasteiger partial charge is 1.00 e. The van der Waals surface area contributed by atoms with Crippen LogP contribution in [0.5, 0.6) is 0 Å². The van der Waals surface area contributed by atoms with Crippen molar-refractivity contribution >= 4 is 194 Å². The maximum atomic E-state index is 9.42. The first-order valence-electron chi connectivity index (χ1n) is 39.8. The maximum absolute atomic E-state index is 9.42. The van der Waals surface area contributed by atoms with Gasteiger partial charge in [-0.25, -0.2) is 5.26 Å². The Bertz CT molecular complexity index is 6320. The number of benzene rings is 20. The Morgan fingerprint density at radius 2 is 0.488 bits per heavy atom. The predicted molar refractivity (Wildman–Crippen MR) is 522 cm³/mol. The van der Waals surface area contributed by atoms with Gasteiger partial charge in [-0.05, 0) is 228 Å². The minimum atomic E-state index is -3.01. The van der Waals surface area contributed by atoms with E-state index < -0.39 is 44.9 Å². The SMILES string of the molecule is Cc1cc(-c2ccc3c4ccccc4c4ccccc4c3c2)cc(-c2ccc3c4ccccc4c4ccccc4c3c2)c1.Cc1cc(C)cc(C)c1.OB(O)c1ccc2c3ccccc3c3ccccc3c2c1.[2H]OO[P+](=O)[O-].[CH2-]F.[Cl][Pd]([Cl])[Cl].[K+].[K+].[K+].c1ccc(P(c2ccccc2)c2ccccc2)cc1.c1ccc(P(c2ccccc2)c2ccccc2)cc1. The van der Waals surface area contributed by atoms with Crippen LogP contribution in [-0.2, 0) is 22.9 Å². The first kappa shape index (κ1) is 99.5. The topological polar surface area (TPSA) is 110 Å². The molecule has 18 heteroatoms. The van der Waals surface area contributed by atoms with Crippen LogP contribution < -0.4 is 196 Å². The van der Waals surface area contributed by atoms with Crippen molar-refractivity contribution in [3.63, 3.8) is 0 Å². The summed E-state index contributed by atoms with van der Waals surface area (Å²) in [7, 11) is 11.2. The molecule has 0 aliphatic rings. The zero-order valence-corrected chi connectivity index (χ0v) is 86.2. The molecule has 125 heavy (non-hydrogen) atoms. The average molecular weight is 1920 g/mol. The van der Waals surface area contributed by atoms with Gasteiger partial charge in [0.15, 0.2) is 0 Å². The standard InChI is InChI=1S/C43H28.C18H13BO2.2C18H15P.C9H12.CH2F.3ClH.3K.HO4P.Pd/c1-27-22-30(28-18-20-40-36-14-4-2-10-32(36)34-12-6-8-16-38(34)42(40)25-28)24-31(23-27)29-19-21-41-37-15-5-3-11-33(37)35-13-7-9-17-39(35)43(41)26-29;20-19(21)12-9-10-17-15-7-2-1-5-13(15)14-6-3-4-8-16(14)18(17)11-12;2*1-4-10-16(11-5-1)19(17-12-6-2-7-13-17)18-14-8-3-9-15-18;1-7-4-8(2)6-9(3)5-7;1-2;;;;;;;1-4-5(2)3;/h2-26H,1H3;1-11,20-21H;2*1-15H;4-6H,1-3H3;1H2;3*1H;;;;1H;/q;;;;;-1;;;;3*+1;;+3/p-3/i/hD. The van der Waals surface area contributed by atoms with E-state index in [-0.39, 0.29) is 154 Å². The first-order valence-corrected chi connectivity index (χ1v) is 49.1. The molecule has 0 saturated carbocycles. The summed E-state index contributed by atoms with van der Waals surface area (Å²) in [5.74, 6) is 0. The Kier molecular flexibility index (Phi) is 40.5. The fourth-order valence-corrected chi connectivity index (χ4v) is 20.5. The van der Waals surface area contributed by atoms with E-state index in [9.17, 15) is 14.4 Å². The van der Waals surface area contributed by atoms with Crippen LogP contribution in [0.3, 0.4) is 0 Å². The number of rotatable bonds is 11. The molecular formula is C107H86BCl3FK3O6P3Pd+2. The second-order valence-corrected chi connectivity index (χ2v) is 41.0. The van der Waals surface area contributed by atoms with Gasteiger partial charge in [0.05, 0.1) is 0 Å². The summed E-state index contributed by atoms with van der Waals surface area (Å²) in [6, 6.07) is 150. The molecule has 0 amide bonds. The smallest absolute Gasteiger partial charge is 0.0622 e. The van der Waals surface area contributed by atoms with Crippen LogP contribution in [0, 0.1) is 34.9 Å². The second-order valence-electron chi connectivity index (χ2n) is 28.8. The van der Waals surface area contributed by atoms with E-state index in [1.54, 1.807) is 13.2 Å². The summed E-state index contributed by atoms with van der Waals surface area (Å²) in [4.78, 5) is 9.17. The van der Waals surface area contributed by atoms with Gasteiger partial charge >= 0.3 is 212 Å². The van der Waals surface area contributed by atoms with Crippen LogP contribution in [0.25, 0.3) is 121 Å². The second kappa shape index (κ2) is 50.9. The van der Waals surface area contributed by atoms with E-state index in [1.165, 1.54) is 157 Å². The predicted octanol–water partition coefficient (Wildman–Crippen LogP) is 17.9. The summed E-state index contributed by atoms with van der Waals surface area (Å²) < 4.78 is 27.2. The molecule has 1 unspecified atom stereocenters. The molecule has 0 bridgehead atoms. The molecule has 6 nitrogen and oxygen atoms in total. The van der Waals surface area contributed by atoms with Gasteiger partial charge < -0.3 is 19.3 Å². The van der Waals surface area contributed by atoms with Crippen molar-refractivity contribution in [3.8, 4) is 22.3 Å². The summed E-state index contributed by atoms with van der Waals surface area (Å²) in [5, 5.41) is 52.8. The van der Waals surface area contributed by atoms with Crippen molar-refractivity contribution in [2.75, 3.05) is 0 Å². The van der Waals surface area contributed by atoms with E-state index in [1.807, 2.05) is 36.4 Å². The van der Waals surface area contributed by atoms with Crippen molar-refractivity contribution in [3.05, 3.63) is 448 Å². The molecular weight excluding hydrogens is 1830 g/mol. The first-order chi connectivity index (χ1) is 60.1. The van der Waals surface area contributed by atoms with E-state index in [0.29, 0.717) is 5.46 Å². The molecule has 0 spiro atoms. The maximum Gasteiger partial charge on any atom is 1.00 e. The van der Waals surface area contributed by atoms with Crippen LogP contribution in [0.2, 0.25) is 0 Å². The molecule has 0 aliphatic heterocycles. The number of fused-ring (bicyclic) bond motifs is 18. The van der Waals surface area contributed by atoms with Crippen LogP contribution in [-0.4, -0.2) is 22.4 Å². The third kappa shape index (κ3) is 26.4. The Balaban J connectivity index is 0.000000170. The summed E-state index contributed by atoms with van der Waals surface area (Å²) >= 11 is -1.57. The van der Waals surface area contributed by atoms with E-state index >= 15 is 0 Å². The number of hydrogen-bond acceptors (Lipinski definition) is 6. The number of aryl methyl sites for hydroxylation is 4. The monoisotopic (exact) mass is 1920 g/mol. The molecule has 0 aliphatic carbocycles. The third-order valence-electron chi connectivity index (χ3n) is 20.8. The van der Waals surface area contributed by atoms with Crippen molar-refractivity contribution in [2.24, 2.45) is 0 Å². The Hall–Kier alpha value is -6.06. The minimum absolute atomic E-state index is 0. The van der Waals surface area contributed by atoms with Crippen LogP contribution in [0.1, 0.15) is 22.3 Å². The third-order valence-corrected chi connectivity index (χ3v) is 25.8. The molecule has 20 aromatic rings. The Morgan fingerprint density at radius 1 is 0.296 bits per heavy atom. The molecule has 607 valence electrons. The summed E-state index contributed by atoms with van der Waals surface area (Å²) in [6.07, 6.45) is 0. The zero-order chi connectivity index (χ0) is 86.1. The van der Waals surface area contributed by atoms with Crippen molar-refractivity contribution in [1.82, 2.24) is 0 Å². The van der Waals surface area contributed by atoms with Gasteiger partial charge in [0.25, 0.3) is 1.43 Å². The molecule has 0 saturated heterocycles. The molecule has 20 aromatic carbocycles. The van der Waals surface area contributed by atoms with Gasteiger partial charge in [0.2, 0.25) is 0 Å². The Labute approximate surface area is 881 Å². The van der Waals surface area contributed by atoms with E-state index in [2.05, 4.69) is 414 Å². The minimum Gasteiger partial charge on any atom is -0.0622 e. The normalized spacial score (nSPS) is 10.8. The van der Waals surface area contributed by atoms with Gasteiger partial charge in [-0.15, -0.1) is 0 Å². The van der Waals surface area contributed by atoms with Crippen molar-refractivity contribution in [1.29, 1.82) is 1.43 Å². The van der Waals surface area contributed by atoms with Crippen molar-refractivity contribution in [2.45, 2.75) is 27.7 Å². The van der Waals surface area contributed by atoms with Gasteiger partial charge in [-0.2, -0.15) is 7.18 Å². The average Bonchev–Trinajstić information content (AvgIpc) is 0.748. The fraction of sp³-hybridized carbons (Fsp3) is 0.0374. The Morgan fingerprint density at radius 3 is 0.696 bits per heavy atom. The fourth-order valence-electron chi connectivity index (χ4n) is 15.9. The number of halogens is 4. The molecule has 0 fully saturated rings. The summed E-state index contributed by atoms with van der Waals surface area (Å²) in [5.41, 5.74) is 10.8. The van der Waals surface area contributed by atoms with Crippen LogP contribution >= 0.6 is 52.7 Å². The molecule has 0 radical (unpaired) electrons. The molecule has 20 rings (SSSR count). The van der Waals surface area contributed by atoms with Gasteiger partial charge in [0, 0.05) is 4.67 Å². The molecule has 0 aromatic heterocycles. The van der Waals surface area contributed by atoms with Crippen LogP contribution in [0.15, 0.2) is 419 Å². The van der Waals surface area contributed by atoms with Crippen molar-refractivity contribution < 1.29 is 202 Å². The van der Waals surface area contributed by atoms with E-state index in [0.717, 1.165) is 16.2 Å². The summed E-state index contributed by atoms with van der Waals surface area (Å²) in [6.45, 7) is 8.58. The molecule has 3 N–H and O–H groups in total. The van der Waals surface area contributed by atoms with Crippen LogP contribution in [0.4, 0.5) is 4.39 Å². The number of hydrogen-bond donors (Lipinski definition) is 3. The van der Waals surface area contributed by atoms with Gasteiger partial charge in [0.1, 0.15) is 0 Å². The molecule has 1 atom stereocenters. The van der Waals surface area contributed by atoms with Gasteiger partial charge in [-0.3, -0.25) is 0 Å². The quantitative estimate of drug-likeness (QED) is 0.0297. The zero-order valence-electron chi connectivity index (χ0n) is 71.3. The van der Waals surface area contributed by atoms with Gasteiger partial charge in [-0.1, -0.05) is 417 Å². The van der Waals surface area contributed by atoms with E-state index in [4.69, 9.17) is 39.5 Å².